The molecule has 1 N–H and O–H groups in total. The number of hydrogen-bond acceptors (Lipinski definition) is 2. The highest BCUT2D eigenvalue weighted by molar-refractivity contribution is 4.87. The molecule has 0 radical (unpaired) electrons. The SMILES string of the molecule is C=CCN1CCCCC1CNC1CC1. The first-order valence-electron chi connectivity index (χ1n) is 5.98. The van der Waals surface area contributed by atoms with E-state index < -0.39 is 0 Å². The van der Waals surface area contributed by atoms with Crippen molar-refractivity contribution in [3.05, 3.63) is 12.7 Å². The maximum Gasteiger partial charge on any atom is 0.0224 e. The van der Waals surface area contributed by atoms with E-state index in [0.717, 1.165) is 18.6 Å². The molecule has 2 aliphatic rings. The summed E-state index contributed by atoms with van der Waals surface area (Å²) in [5.74, 6) is 0. The Morgan fingerprint density at radius 3 is 2.86 bits per heavy atom. The molecule has 1 heterocycles. The minimum Gasteiger partial charge on any atom is -0.312 e. The maximum atomic E-state index is 3.83. The quantitative estimate of drug-likeness (QED) is 0.671. The molecule has 0 aromatic carbocycles. The zero-order chi connectivity index (χ0) is 9.80. The lowest BCUT2D eigenvalue weighted by molar-refractivity contribution is 0.161. The first-order valence-corrected chi connectivity index (χ1v) is 5.98. The van der Waals surface area contributed by atoms with Crippen molar-refractivity contribution in [2.75, 3.05) is 19.6 Å². The summed E-state index contributed by atoms with van der Waals surface area (Å²) in [5.41, 5.74) is 0. The molecule has 2 nitrogen and oxygen atoms in total. The van der Waals surface area contributed by atoms with Gasteiger partial charge in [-0.2, -0.15) is 0 Å². The monoisotopic (exact) mass is 194 g/mol. The van der Waals surface area contributed by atoms with Crippen LogP contribution in [0.3, 0.4) is 0 Å². The number of hydrogen-bond donors (Lipinski definition) is 1. The standard InChI is InChI=1S/C12H22N2/c1-2-8-14-9-4-3-5-12(14)10-13-11-6-7-11/h2,11-13H,1,3-10H2. The number of nitrogens with zero attached hydrogens (tertiary/aromatic N) is 1. The van der Waals surface area contributed by atoms with Crippen LogP contribution in [-0.2, 0) is 0 Å². The van der Waals surface area contributed by atoms with Crippen LogP contribution in [0.2, 0.25) is 0 Å². The predicted octanol–water partition coefficient (Wildman–Crippen LogP) is 1.78. The smallest absolute Gasteiger partial charge is 0.0224 e. The Morgan fingerprint density at radius 1 is 1.29 bits per heavy atom. The number of nitrogens with one attached hydrogen (secondary N) is 1. The third-order valence-electron chi connectivity index (χ3n) is 3.33. The molecule has 1 aliphatic heterocycles. The molecule has 0 aromatic heterocycles. The number of likely N-dealkylation sites (tertiary alicyclic amines) is 1. The van der Waals surface area contributed by atoms with Gasteiger partial charge in [0.05, 0.1) is 0 Å². The summed E-state index contributed by atoms with van der Waals surface area (Å²) in [4.78, 5) is 2.58. The second-order valence-corrected chi connectivity index (χ2v) is 4.62. The fraction of sp³-hybridized carbons (Fsp3) is 0.833. The van der Waals surface area contributed by atoms with Crippen LogP contribution in [-0.4, -0.2) is 36.6 Å². The lowest BCUT2D eigenvalue weighted by Gasteiger charge is -2.35. The topological polar surface area (TPSA) is 15.3 Å². The molecule has 1 saturated carbocycles. The van der Waals surface area contributed by atoms with Crippen LogP contribution in [0.25, 0.3) is 0 Å². The Morgan fingerprint density at radius 2 is 2.14 bits per heavy atom. The first-order chi connectivity index (χ1) is 6.90. The zero-order valence-electron chi connectivity index (χ0n) is 9.04. The van der Waals surface area contributed by atoms with E-state index in [-0.39, 0.29) is 0 Å². The van der Waals surface area contributed by atoms with Gasteiger partial charge in [-0.1, -0.05) is 12.5 Å². The summed E-state index contributed by atoms with van der Waals surface area (Å²) in [6, 6.07) is 1.62. The molecule has 0 amide bonds. The van der Waals surface area contributed by atoms with Gasteiger partial charge in [0, 0.05) is 25.2 Å². The lowest BCUT2D eigenvalue weighted by Crippen LogP contribution is -2.45. The summed E-state index contributed by atoms with van der Waals surface area (Å²) in [6.45, 7) is 7.36. The van der Waals surface area contributed by atoms with Gasteiger partial charge in [-0.25, -0.2) is 0 Å². The van der Waals surface area contributed by atoms with E-state index >= 15 is 0 Å². The van der Waals surface area contributed by atoms with Crippen molar-refractivity contribution >= 4 is 0 Å². The average Bonchev–Trinajstić information content (AvgIpc) is 3.01. The summed E-state index contributed by atoms with van der Waals surface area (Å²) in [5, 5.41) is 3.64. The average molecular weight is 194 g/mol. The second-order valence-electron chi connectivity index (χ2n) is 4.62. The largest absolute Gasteiger partial charge is 0.312 e. The van der Waals surface area contributed by atoms with E-state index in [9.17, 15) is 0 Å². The highest BCUT2D eigenvalue weighted by Gasteiger charge is 2.25. The van der Waals surface area contributed by atoms with E-state index in [1.54, 1.807) is 0 Å². The Hall–Kier alpha value is -0.340. The van der Waals surface area contributed by atoms with Crippen molar-refractivity contribution in [3.63, 3.8) is 0 Å². The molecule has 2 rings (SSSR count). The van der Waals surface area contributed by atoms with Crippen LogP contribution in [0.5, 0.6) is 0 Å². The van der Waals surface area contributed by atoms with Gasteiger partial charge < -0.3 is 5.32 Å². The van der Waals surface area contributed by atoms with Gasteiger partial charge >= 0.3 is 0 Å². The molecule has 1 saturated heterocycles. The van der Waals surface area contributed by atoms with Gasteiger partial charge in [-0.3, -0.25) is 4.90 Å². The Labute approximate surface area is 87.4 Å². The number of piperidine rings is 1. The molecule has 1 atom stereocenters. The van der Waals surface area contributed by atoms with Crippen LogP contribution in [0, 0.1) is 0 Å². The molecule has 0 spiro atoms. The van der Waals surface area contributed by atoms with E-state index in [2.05, 4.69) is 16.8 Å². The molecule has 2 heteroatoms. The van der Waals surface area contributed by atoms with Crippen LogP contribution < -0.4 is 5.32 Å². The summed E-state index contributed by atoms with van der Waals surface area (Å²) >= 11 is 0. The normalized spacial score (nSPS) is 29.0. The molecule has 2 fully saturated rings. The molecular weight excluding hydrogens is 172 g/mol. The van der Waals surface area contributed by atoms with Crippen molar-refractivity contribution in [1.82, 2.24) is 10.2 Å². The van der Waals surface area contributed by atoms with Crippen molar-refractivity contribution in [1.29, 1.82) is 0 Å². The zero-order valence-corrected chi connectivity index (χ0v) is 9.04. The van der Waals surface area contributed by atoms with E-state index in [1.165, 1.54) is 45.2 Å². The number of rotatable bonds is 5. The summed E-state index contributed by atoms with van der Waals surface area (Å²) in [6.07, 6.45) is 8.98. The summed E-state index contributed by atoms with van der Waals surface area (Å²) < 4.78 is 0. The molecular formula is C12H22N2. The minimum absolute atomic E-state index is 0.766. The van der Waals surface area contributed by atoms with Crippen molar-refractivity contribution in [2.45, 2.75) is 44.2 Å². The van der Waals surface area contributed by atoms with Crippen molar-refractivity contribution in [3.8, 4) is 0 Å². The second kappa shape index (κ2) is 4.94. The van der Waals surface area contributed by atoms with Gasteiger partial charge in [0.25, 0.3) is 0 Å². The van der Waals surface area contributed by atoms with E-state index in [1.807, 2.05) is 6.08 Å². The Kier molecular flexibility index (Phi) is 3.60. The van der Waals surface area contributed by atoms with Crippen LogP contribution in [0.4, 0.5) is 0 Å². The maximum absolute atomic E-state index is 3.83. The molecule has 0 bridgehead atoms. The molecule has 0 aromatic rings. The highest BCUT2D eigenvalue weighted by atomic mass is 15.2. The van der Waals surface area contributed by atoms with E-state index in [0.29, 0.717) is 0 Å². The first kappa shape index (κ1) is 10.2. The predicted molar refractivity (Wildman–Crippen MR) is 60.4 cm³/mol. The third-order valence-corrected chi connectivity index (χ3v) is 3.33. The third kappa shape index (κ3) is 2.82. The highest BCUT2D eigenvalue weighted by Crippen LogP contribution is 2.21. The van der Waals surface area contributed by atoms with E-state index in [4.69, 9.17) is 0 Å². The van der Waals surface area contributed by atoms with Crippen LogP contribution >= 0.6 is 0 Å². The minimum atomic E-state index is 0.766. The Bertz CT molecular complexity index is 187. The fourth-order valence-corrected chi connectivity index (χ4v) is 2.29. The fourth-order valence-electron chi connectivity index (χ4n) is 2.29. The van der Waals surface area contributed by atoms with Crippen LogP contribution in [0.15, 0.2) is 12.7 Å². The molecule has 80 valence electrons. The van der Waals surface area contributed by atoms with Gasteiger partial charge in [-0.15, -0.1) is 6.58 Å². The summed E-state index contributed by atoms with van der Waals surface area (Å²) in [7, 11) is 0. The van der Waals surface area contributed by atoms with Crippen molar-refractivity contribution in [2.24, 2.45) is 0 Å². The Balaban J connectivity index is 1.75. The van der Waals surface area contributed by atoms with Gasteiger partial charge in [0.2, 0.25) is 0 Å². The van der Waals surface area contributed by atoms with Crippen molar-refractivity contribution < 1.29 is 0 Å². The van der Waals surface area contributed by atoms with Gasteiger partial charge in [-0.05, 0) is 32.2 Å². The van der Waals surface area contributed by atoms with Gasteiger partial charge in [0.1, 0.15) is 0 Å². The van der Waals surface area contributed by atoms with Gasteiger partial charge in [0.15, 0.2) is 0 Å². The molecule has 14 heavy (non-hydrogen) atoms. The lowest BCUT2D eigenvalue weighted by atomic mass is 10.0. The van der Waals surface area contributed by atoms with Crippen LogP contribution in [0.1, 0.15) is 32.1 Å². The molecule has 1 aliphatic carbocycles. The molecule has 1 unspecified atom stereocenters.